The third kappa shape index (κ3) is 5.53. The summed E-state index contributed by atoms with van der Waals surface area (Å²) in [5.74, 6) is 0.609. The Morgan fingerprint density at radius 1 is 1.32 bits per heavy atom. The Kier molecular flexibility index (Phi) is 6.73. The molecule has 0 heterocycles. The maximum atomic E-state index is 11.8. The predicted molar refractivity (Wildman–Crippen MR) is 79.8 cm³/mol. The van der Waals surface area contributed by atoms with E-state index in [1.54, 1.807) is 18.7 Å². The minimum Gasteiger partial charge on any atom is -0.481 e. The molecule has 0 aliphatic heterocycles. The van der Waals surface area contributed by atoms with Gasteiger partial charge in [0.2, 0.25) is 0 Å². The number of hydrogen-bond acceptors (Lipinski definition) is 4. The summed E-state index contributed by atoms with van der Waals surface area (Å²) >= 11 is 1.67. The van der Waals surface area contributed by atoms with E-state index in [9.17, 15) is 4.79 Å². The van der Waals surface area contributed by atoms with Crippen LogP contribution in [0.15, 0.2) is 29.2 Å². The number of rotatable bonds is 7. The van der Waals surface area contributed by atoms with Crippen LogP contribution >= 0.6 is 11.8 Å². The van der Waals surface area contributed by atoms with Crippen molar-refractivity contribution < 1.29 is 9.53 Å². The lowest BCUT2D eigenvalue weighted by Crippen LogP contribution is -2.42. The third-order valence-corrected chi connectivity index (χ3v) is 3.56. The lowest BCUT2D eigenvalue weighted by atomic mass is 10.3. The largest absolute Gasteiger partial charge is 0.481 e. The van der Waals surface area contributed by atoms with Crippen LogP contribution in [0.2, 0.25) is 0 Å². The molecule has 0 aliphatic carbocycles. The van der Waals surface area contributed by atoms with Crippen molar-refractivity contribution in [1.82, 2.24) is 10.6 Å². The van der Waals surface area contributed by atoms with Gasteiger partial charge in [-0.25, -0.2) is 0 Å². The Morgan fingerprint density at radius 3 is 2.47 bits per heavy atom. The molecule has 0 spiro atoms. The summed E-state index contributed by atoms with van der Waals surface area (Å²) in [7, 11) is 1.87. The molecule has 5 heteroatoms. The monoisotopic (exact) mass is 282 g/mol. The fourth-order valence-electron chi connectivity index (χ4n) is 1.41. The van der Waals surface area contributed by atoms with E-state index >= 15 is 0 Å². The fourth-order valence-corrected chi connectivity index (χ4v) is 1.82. The van der Waals surface area contributed by atoms with Crippen molar-refractivity contribution in [2.45, 2.75) is 30.9 Å². The molecule has 0 fully saturated rings. The Morgan fingerprint density at radius 2 is 1.95 bits per heavy atom. The molecular formula is C14H22N2O2S. The molecule has 0 saturated heterocycles. The van der Waals surface area contributed by atoms with E-state index in [0.29, 0.717) is 12.3 Å². The van der Waals surface area contributed by atoms with Gasteiger partial charge in [0, 0.05) is 17.5 Å². The zero-order chi connectivity index (χ0) is 14.3. The van der Waals surface area contributed by atoms with Crippen LogP contribution in [0.5, 0.6) is 5.75 Å². The molecule has 2 unspecified atom stereocenters. The standard InChI is InChI=1S/C14H22N2O2S/c1-10(15-3)9-16-14(17)11(2)18-12-5-7-13(19-4)8-6-12/h5-8,10-11,15H,9H2,1-4H3,(H,16,17). The normalized spacial score (nSPS) is 13.7. The van der Waals surface area contributed by atoms with Gasteiger partial charge in [-0.15, -0.1) is 11.8 Å². The molecule has 2 N–H and O–H groups in total. The predicted octanol–water partition coefficient (Wildman–Crippen LogP) is 1.90. The van der Waals surface area contributed by atoms with Crippen LogP contribution in [0.1, 0.15) is 13.8 Å². The van der Waals surface area contributed by atoms with Crippen LogP contribution in [0.4, 0.5) is 0 Å². The summed E-state index contributed by atoms with van der Waals surface area (Å²) in [6.45, 7) is 4.35. The van der Waals surface area contributed by atoms with Gasteiger partial charge >= 0.3 is 0 Å². The van der Waals surface area contributed by atoms with Crippen molar-refractivity contribution in [3.63, 3.8) is 0 Å². The summed E-state index contributed by atoms with van der Waals surface area (Å²) in [5.41, 5.74) is 0. The van der Waals surface area contributed by atoms with Crippen molar-refractivity contribution in [3.05, 3.63) is 24.3 Å². The highest BCUT2D eigenvalue weighted by Gasteiger charge is 2.14. The smallest absolute Gasteiger partial charge is 0.260 e. The minimum atomic E-state index is -0.496. The molecule has 1 aromatic carbocycles. The van der Waals surface area contributed by atoms with E-state index in [1.807, 2.05) is 44.5 Å². The van der Waals surface area contributed by atoms with Gasteiger partial charge in [-0.2, -0.15) is 0 Å². The summed E-state index contributed by atoms with van der Waals surface area (Å²) in [6.07, 6.45) is 1.53. The van der Waals surface area contributed by atoms with Crippen molar-refractivity contribution in [2.24, 2.45) is 0 Å². The van der Waals surface area contributed by atoms with Crippen LogP contribution < -0.4 is 15.4 Å². The summed E-state index contributed by atoms with van der Waals surface area (Å²) in [6, 6.07) is 7.97. The molecule has 0 bridgehead atoms. The molecule has 106 valence electrons. The number of carbonyl (C=O) groups is 1. The maximum Gasteiger partial charge on any atom is 0.260 e. The van der Waals surface area contributed by atoms with E-state index < -0.39 is 6.10 Å². The van der Waals surface area contributed by atoms with Gasteiger partial charge in [-0.05, 0) is 51.4 Å². The molecule has 0 radical (unpaired) electrons. The number of amides is 1. The van der Waals surface area contributed by atoms with Crippen LogP contribution in [0.25, 0.3) is 0 Å². The Hall–Kier alpha value is -1.20. The second kappa shape index (κ2) is 8.07. The van der Waals surface area contributed by atoms with Gasteiger partial charge in [0.25, 0.3) is 5.91 Å². The lowest BCUT2D eigenvalue weighted by Gasteiger charge is -2.17. The highest BCUT2D eigenvalue weighted by atomic mass is 32.2. The number of carbonyl (C=O) groups excluding carboxylic acids is 1. The van der Waals surface area contributed by atoms with Gasteiger partial charge < -0.3 is 15.4 Å². The SMILES string of the molecule is CNC(C)CNC(=O)C(C)Oc1ccc(SC)cc1. The topological polar surface area (TPSA) is 50.4 Å². The van der Waals surface area contributed by atoms with Crippen molar-refractivity contribution in [2.75, 3.05) is 19.8 Å². The first kappa shape index (κ1) is 15.9. The molecule has 0 aromatic heterocycles. The van der Waals surface area contributed by atoms with Gasteiger partial charge in [-0.3, -0.25) is 4.79 Å². The molecule has 0 saturated carbocycles. The first-order valence-electron chi connectivity index (χ1n) is 6.32. The molecular weight excluding hydrogens is 260 g/mol. The first-order valence-corrected chi connectivity index (χ1v) is 7.55. The number of likely N-dealkylation sites (N-methyl/N-ethyl adjacent to an activating group) is 1. The van der Waals surface area contributed by atoms with E-state index in [0.717, 1.165) is 0 Å². The number of benzene rings is 1. The van der Waals surface area contributed by atoms with Crippen LogP contribution in [0.3, 0.4) is 0 Å². The Labute approximate surface area is 119 Å². The Balaban J connectivity index is 2.44. The van der Waals surface area contributed by atoms with Gasteiger partial charge in [-0.1, -0.05) is 0 Å². The summed E-state index contributed by atoms with van der Waals surface area (Å²) in [5, 5.41) is 5.91. The lowest BCUT2D eigenvalue weighted by molar-refractivity contribution is -0.127. The van der Waals surface area contributed by atoms with E-state index in [1.165, 1.54) is 4.90 Å². The van der Waals surface area contributed by atoms with Crippen LogP contribution in [-0.4, -0.2) is 37.9 Å². The van der Waals surface area contributed by atoms with Crippen LogP contribution in [0, 0.1) is 0 Å². The van der Waals surface area contributed by atoms with Crippen molar-refractivity contribution in [1.29, 1.82) is 0 Å². The van der Waals surface area contributed by atoms with E-state index in [2.05, 4.69) is 10.6 Å². The highest BCUT2D eigenvalue weighted by Crippen LogP contribution is 2.19. The van der Waals surface area contributed by atoms with Crippen molar-refractivity contribution >= 4 is 17.7 Å². The van der Waals surface area contributed by atoms with Gasteiger partial charge in [0.05, 0.1) is 0 Å². The second-order valence-electron chi connectivity index (χ2n) is 4.37. The molecule has 1 aromatic rings. The third-order valence-electron chi connectivity index (χ3n) is 2.82. The quantitative estimate of drug-likeness (QED) is 0.750. The van der Waals surface area contributed by atoms with Gasteiger partial charge in [0.1, 0.15) is 5.75 Å². The van der Waals surface area contributed by atoms with E-state index in [4.69, 9.17) is 4.74 Å². The maximum absolute atomic E-state index is 11.8. The highest BCUT2D eigenvalue weighted by molar-refractivity contribution is 7.98. The zero-order valence-electron chi connectivity index (χ0n) is 11.9. The van der Waals surface area contributed by atoms with Crippen molar-refractivity contribution in [3.8, 4) is 5.75 Å². The fraction of sp³-hybridized carbons (Fsp3) is 0.500. The first-order chi connectivity index (χ1) is 9.06. The number of thioether (sulfide) groups is 1. The molecule has 1 rings (SSSR count). The molecule has 2 atom stereocenters. The number of hydrogen-bond donors (Lipinski definition) is 2. The molecule has 1 amide bonds. The average Bonchev–Trinajstić information content (AvgIpc) is 2.44. The summed E-state index contributed by atoms with van der Waals surface area (Å²) in [4.78, 5) is 13.0. The van der Waals surface area contributed by atoms with Gasteiger partial charge in [0.15, 0.2) is 6.10 Å². The molecule has 4 nitrogen and oxygen atoms in total. The molecule has 0 aliphatic rings. The summed E-state index contributed by atoms with van der Waals surface area (Å²) < 4.78 is 5.60. The zero-order valence-corrected chi connectivity index (χ0v) is 12.7. The average molecular weight is 282 g/mol. The number of nitrogens with one attached hydrogen (secondary N) is 2. The Bertz CT molecular complexity index is 395. The van der Waals surface area contributed by atoms with E-state index in [-0.39, 0.29) is 11.9 Å². The number of ether oxygens (including phenoxy) is 1. The van der Waals surface area contributed by atoms with Crippen LogP contribution in [-0.2, 0) is 4.79 Å². The molecule has 19 heavy (non-hydrogen) atoms. The minimum absolute atomic E-state index is 0.101. The second-order valence-corrected chi connectivity index (χ2v) is 5.25.